The normalized spacial score (nSPS) is 13.7. The Morgan fingerprint density at radius 1 is 0.857 bits per heavy atom. The van der Waals surface area contributed by atoms with Crippen molar-refractivity contribution >= 4 is 7.60 Å². The highest BCUT2D eigenvalue weighted by Gasteiger charge is 2.56. The van der Waals surface area contributed by atoms with Crippen LogP contribution >= 0.6 is 7.60 Å². The molecule has 0 rings (SSSR count). The average Bonchev–Trinajstić information content (AvgIpc) is 2.32. The van der Waals surface area contributed by atoms with E-state index in [2.05, 4.69) is 0 Å². The van der Waals surface area contributed by atoms with Gasteiger partial charge in [0.2, 0.25) is 0 Å². The molecular formula is C12H22F5O3P. The summed E-state index contributed by atoms with van der Waals surface area (Å²) in [6.45, 7) is 3.81. The van der Waals surface area contributed by atoms with E-state index < -0.39 is 26.1 Å². The molecule has 0 amide bonds. The summed E-state index contributed by atoms with van der Waals surface area (Å²) in [5, 5.41) is 0. The lowest BCUT2D eigenvalue weighted by molar-refractivity contribution is -0.284. The molecule has 0 aromatic heterocycles. The van der Waals surface area contributed by atoms with Crippen molar-refractivity contribution in [1.29, 1.82) is 0 Å². The molecule has 0 saturated carbocycles. The summed E-state index contributed by atoms with van der Waals surface area (Å²) >= 11 is 0. The van der Waals surface area contributed by atoms with Gasteiger partial charge in [0.15, 0.2) is 0 Å². The molecule has 0 saturated heterocycles. The van der Waals surface area contributed by atoms with E-state index in [0.29, 0.717) is 12.8 Å². The minimum atomic E-state index is -5.49. The summed E-state index contributed by atoms with van der Waals surface area (Å²) in [7, 11) is -3.16. The number of unbranched alkanes of at least 4 members (excludes halogenated alkanes) is 3. The van der Waals surface area contributed by atoms with Crippen LogP contribution in [-0.2, 0) is 13.6 Å². The van der Waals surface area contributed by atoms with E-state index in [0.717, 1.165) is 0 Å². The maximum absolute atomic E-state index is 12.6. The smallest absolute Gasteiger partial charge is 0.309 e. The maximum atomic E-state index is 12.6. The molecule has 0 aliphatic heterocycles. The van der Waals surface area contributed by atoms with E-state index in [4.69, 9.17) is 9.05 Å². The van der Waals surface area contributed by atoms with Crippen LogP contribution in [-0.4, -0.2) is 31.5 Å². The third-order valence-electron chi connectivity index (χ3n) is 2.74. The van der Waals surface area contributed by atoms with Crippen LogP contribution in [0.2, 0.25) is 0 Å². The molecule has 0 aromatic carbocycles. The van der Waals surface area contributed by atoms with Crippen molar-refractivity contribution < 1.29 is 35.6 Å². The zero-order valence-corrected chi connectivity index (χ0v) is 13.1. The van der Waals surface area contributed by atoms with Gasteiger partial charge in [0.05, 0.1) is 19.4 Å². The Balaban J connectivity index is 3.94. The molecular weight excluding hydrogens is 318 g/mol. The second-order valence-corrected chi connectivity index (χ2v) is 6.72. The Morgan fingerprint density at radius 3 is 1.76 bits per heavy atom. The molecule has 0 fully saturated rings. The van der Waals surface area contributed by atoms with Crippen LogP contribution in [0.5, 0.6) is 0 Å². The standard InChI is InChI=1S/C12H22F5O3P/c1-3-19-21(18,20-4-2)10-8-6-5-7-9-11(13,14)12(15,16)17/h3-10H2,1-2H3. The van der Waals surface area contributed by atoms with Gasteiger partial charge in [-0.1, -0.05) is 12.8 Å². The van der Waals surface area contributed by atoms with Gasteiger partial charge in [0.25, 0.3) is 0 Å². The highest BCUT2D eigenvalue weighted by molar-refractivity contribution is 7.53. The average molecular weight is 340 g/mol. The SMILES string of the molecule is CCOP(=O)(CCCCCCC(F)(F)C(F)(F)F)OCC. The molecule has 0 bridgehead atoms. The molecule has 3 nitrogen and oxygen atoms in total. The number of halogens is 5. The van der Waals surface area contributed by atoms with Crippen molar-refractivity contribution in [1.82, 2.24) is 0 Å². The zero-order valence-electron chi connectivity index (χ0n) is 12.2. The fraction of sp³-hybridized carbons (Fsp3) is 1.00. The molecule has 0 N–H and O–H groups in total. The summed E-state index contributed by atoms with van der Waals surface area (Å²) in [5.74, 6) is -4.64. The molecule has 0 atom stereocenters. The van der Waals surface area contributed by atoms with E-state index in [-0.39, 0.29) is 32.2 Å². The van der Waals surface area contributed by atoms with Crippen LogP contribution in [0.25, 0.3) is 0 Å². The lowest BCUT2D eigenvalue weighted by Gasteiger charge is -2.19. The van der Waals surface area contributed by atoms with Gasteiger partial charge in [0.1, 0.15) is 0 Å². The van der Waals surface area contributed by atoms with Crippen molar-refractivity contribution in [2.75, 3.05) is 19.4 Å². The van der Waals surface area contributed by atoms with Crippen molar-refractivity contribution in [3.63, 3.8) is 0 Å². The molecule has 0 spiro atoms. The zero-order chi connectivity index (χ0) is 16.6. The lowest BCUT2D eigenvalue weighted by atomic mass is 10.1. The Hall–Kier alpha value is -0.200. The molecule has 0 heterocycles. The molecule has 128 valence electrons. The second kappa shape index (κ2) is 9.06. The first kappa shape index (κ1) is 20.8. The van der Waals surface area contributed by atoms with Gasteiger partial charge in [-0.15, -0.1) is 0 Å². The molecule has 9 heteroatoms. The minimum Gasteiger partial charge on any atom is -0.309 e. The fourth-order valence-corrected chi connectivity index (χ4v) is 3.44. The first-order chi connectivity index (χ1) is 9.58. The Labute approximate surface area is 121 Å². The number of hydrogen-bond donors (Lipinski definition) is 0. The van der Waals surface area contributed by atoms with Gasteiger partial charge in [-0.3, -0.25) is 4.57 Å². The first-order valence-electron chi connectivity index (χ1n) is 6.90. The maximum Gasteiger partial charge on any atom is 0.453 e. The van der Waals surface area contributed by atoms with Crippen LogP contribution in [0.15, 0.2) is 0 Å². The van der Waals surface area contributed by atoms with E-state index in [1.54, 1.807) is 13.8 Å². The van der Waals surface area contributed by atoms with E-state index >= 15 is 0 Å². The molecule has 0 aliphatic carbocycles. The van der Waals surface area contributed by atoms with Crippen LogP contribution in [0.4, 0.5) is 22.0 Å². The monoisotopic (exact) mass is 340 g/mol. The van der Waals surface area contributed by atoms with E-state index in [1.165, 1.54) is 0 Å². The summed E-state index contributed by atoms with van der Waals surface area (Å²) in [6.07, 6.45) is -5.79. The topological polar surface area (TPSA) is 35.5 Å². The number of hydrogen-bond acceptors (Lipinski definition) is 3. The highest BCUT2D eigenvalue weighted by atomic mass is 31.2. The van der Waals surface area contributed by atoms with Crippen LogP contribution < -0.4 is 0 Å². The third-order valence-corrected chi connectivity index (χ3v) is 4.91. The Bertz CT molecular complexity index is 323. The quantitative estimate of drug-likeness (QED) is 0.287. The summed E-state index contributed by atoms with van der Waals surface area (Å²) in [6, 6.07) is 0. The van der Waals surface area contributed by atoms with Crippen molar-refractivity contribution in [3.8, 4) is 0 Å². The van der Waals surface area contributed by atoms with Crippen LogP contribution in [0.1, 0.15) is 46.0 Å². The van der Waals surface area contributed by atoms with Gasteiger partial charge < -0.3 is 9.05 Å². The van der Waals surface area contributed by atoms with Gasteiger partial charge in [-0.2, -0.15) is 22.0 Å². The predicted molar refractivity (Wildman–Crippen MR) is 69.8 cm³/mol. The minimum absolute atomic E-state index is 0.143. The lowest BCUT2D eigenvalue weighted by Crippen LogP contribution is -2.36. The van der Waals surface area contributed by atoms with Gasteiger partial charge in [0, 0.05) is 6.42 Å². The summed E-state index contributed by atoms with van der Waals surface area (Å²) in [4.78, 5) is 0. The van der Waals surface area contributed by atoms with Gasteiger partial charge in [-0.05, 0) is 26.7 Å². The number of alkyl halides is 5. The summed E-state index contributed by atoms with van der Waals surface area (Å²) < 4.78 is 83.1. The molecule has 0 aliphatic rings. The molecule has 21 heavy (non-hydrogen) atoms. The Kier molecular flexibility index (Phi) is 8.97. The van der Waals surface area contributed by atoms with Gasteiger partial charge >= 0.3 is 19.7 Å². The van der Waals surface area contributed by atoms with Crippen LogP contribution in [0.3, 0.4) is 0 Å². The van der Waals surface area contributed by atoms with E-state index in [9.17, 15) is 26.5 Å². The van der Waals surface area contributed by atoms with Gasteiger partial charge in [-0.25, -0.2) is 0 Å². The molecule has 0 aromatic rings. The number of rotatable bonds is 11. The predicted octanol–water partition coefficient (Wildman–Crippen LogP) is 5.40. The molecule has 0 unspecified atom stereocenters. The first-order valence-corrected chi connectivity index (χ1v) is 8.63. The van der Waals surface area contributed by atoms with Crippen LogP contribution in [0, 0.1) is 0 Å². The highest BCUT2D eigenvalue weighted by Crippen LogP contribution is 2.48. The third kappa shape index (κ3) is 8.12. The Morgan fingerprint density at radius 2 is 1.33 bits per heavy atom. The van der Waals surface area contributed by atoms with Crippen molar-refractivity contribution in [2.45, 2.75) is 58.1 Å². The van der Waals surface area contributed by atoms with Crippen molar-refractivity contribution in [3.05, 3.63) is 0 Å². The molecule has 0 radical (unpaired) electrons. The largest absolute Gasteiger partial charge is 0.453 e. The van der Waals surface area contributed by atoms with E-state index in [1.807, 2.05) is 0 Å². The fourth-order valence-electron chi connectivity index (χ4n) is 1.71. The summed E-state index contributed by atoms with van der Waals surface area (Å²) in [5.41, 5.74) is 0. The van der Waals surface area contributed by atoms with Crippen molar-refractivity contribution in [2.24, 2.45) is 0 Å². The second-order valence-electron chi connectivity index (χ2n) is 4.54.